The third kappa shape index (κ3) is 7.48. The summed E-state index contributed by atoms with van der Waals surface area (Å²) < 4.78 is 2.13. The SMILES string of the molecule is Brc1ccccc1N[C@@H](c1cc2ccc1CCc1ccc(cc1)CC2)[C@@H](Nc1ccccc1Br)c1cc2ccc1CCc1ccc(cc1)CC2. The Balaban J connectivity index is 1.31. The summed E-state index contributed by atoms with van der Waals surface area (Å²) in [5.41, 5.74) is 16.1. The number of aryl methyl sites for hydroxylation is 8. The summed E-state index contributed by atoms with van der Waals surface area (Å²) in [5, 5.41) is 8.28. The number of benzene rings is 6. The van der Waals surface area contributed by atoms with E-state index < -0.39 is 0 Å². The van der Waals surface area contributed by atoms with Crippen molar-refractivity contribution in [2.45, 2.75) is 63.5 Å². The lowest BCUT2D eigenvalue weighted by atomic mass is 9.82. The summed E-state index contributed by atoms with van der Waals surface area (Å²) in [7, 11) is 0. The Bertz CT molecular complexity index is 1950. The van der Waals surface area contributed by atoms with Crippen LogP contribution in [0.4, 0.5) is 11.4 Å². The van der Waals surface area contributed by atoms with Crippen LogP contribution in [-0.2, 0) is 51.4 Å². The molecule has 0 aromatic heterocycles. The van der Waals surface area contributed by atoms with Gasteiger partial charge in [-0.3, -0.25) is 0 Å². The molecule has 8 bridgehead atoms. The maximum atomic E-state index is 4.14. The average Bonchev–Trinajstić information content (AvgIpc) is 3.13. The summed E-state index contributed by atoms with van der Waals surface area (Å²) in [6.45, 7) is 0. The van der Waals surface area contributed by atoms with Gasteiger partial charge in [0.2, 0.25) is 0 Å². The summed E-state index contributed by atoms with van der Waals surface area (Å²) in [5.74, 6) is 0. The van der Waals surface area contributed by atoms with Crippen molar-refractivity contribution in [3.05, 3.63) is 198 Å². The van der Waals surface area contributed by atoms with Gasteiger partial charge in [0.05, 0.1) is 12.1 Å². The molecule has 6 aromatic rings. The molecule has 0 heterocycles. The summed E-state index contributed by atoms with van der Waals surface area (Å²) in [6.07, 6.45) is 8.07. The minimum absolute atomic E-state index is 0.0696. The van der Waals surface area contributed by atoms with Gasteiger partial charge in [-0.15, -0.1) is 0 Å². The standard InChI is InChI=1S/C46H42Br2N2/c47-41-5-1-3-7-43(41)49-45(39-29-35-19-17-31-9-13-33(14-10-31)21-25-37(39)27-23-35)46(50-44-8-4-2-6-42(44)48)40-30-36-20-18-32-11-15-34(16-12-32)22-26-38(40)28-24-36/h1-16,23-24,27-30,45-46,49-50H,17-22,25-26H2/t45-,46-/m0/s1. The molecule has 2 nitrogen and oxygen atoms in total. The molecule has 0 fully saturated rings. The Morgan fingerprint density at radius 1 is 0.360 bits per heavy atom. The molecule has 50 heavy (non-hydrogen) atoms. The summed E-state index contributed by atoms with van der Waals surface area (Å²) >= 11 is 7.81. The van der Waals surface area contributed by atoms with Crippen molar-refractivity contribution in [2.75, 3.05) is 10.6 Å². The van der Waals surface area contributed by atoms with Gasteiger partial charge in [0.1, 0.15) is 0 Å². The van der Waals surface area contributed by atoms with E-state index in [1.807, 2.05) is 0 Å². The molecule has 0 unspecified atom stereocenters. The zero-order valence-corrected chi connectivity index (χ0v) is 31.4. The fourth-order valence-corrected chi connectivity index (χ4v) is 8.49. The lowest BCUT2D eigenvalue weighted by Crippen LogP contribution is -2.28. The quantitative estimate of drug-likeness (QED) is 0.169. The van der Waals surface area contributed by atoms with Crippen LogP contribution in [-0.4, -0.2) is 0 Å². The van der Waals surface area contributed by atoms with Crippen LogP contribution in [0.1, 0.15) is 67.7 Å². The first-order valence-corrected chi connectivity index (χ1v) is 19.6. The molecule has 0 radical (unpaired) electrons. The normalized spacial score (nSPS) is 15.0. The van der Waals surface area contributed by atoms with E-state index in [9.17, 15) is 0 Å². The average molecular weight is 783 g/mol. The van der Waals surface area contributed by atoms with Crippen LogP contribution in [0.15, 0.2) is 142 Å². The van der Waals surface area contributed by atoms with Crippen LogP contribution < -0.4 is 10.6 Å². The molecule has 0 spiro atoms. The largest absolute Gasteiger partial charge is 0.375 e. The first-order chi connectivity index (χ1) is 24.6. The van der Waals surface area contributed by atoms with Gasteiger partial charge in [-0.05, 0) is 163 Å². The molecular formula is C46H42Br2N2. The first-order valence-electron chi connectivity index (χ1n) is 18.0. The van der Waals surface area contributed by atoms with E-state index in [0.717, 1.165) is 71.7 Å². The molecule has 0 saturated carbocycles. The highest BCUT2D eigenvalue weighted by atomic mass is 79.9. The summed E-state index contributed by atoms with van der Waals surface area (Å²) in [6, 6.07) is 50.1. The second-order valence-corrected chi connectivity index (χ2v) is 15.6. The second kappa shape index (κ2) is 15.0. The van der Waals surface area contributed by atoms with Crippen molar-refractivity contribution in [3.8, 4) is 0 Å². The number of rotatable bonds is 7. The van der Waals surface area contributed by atoms with Crippen LogP contribution in [0.2, 0.25) is 0 Å². The maximum Gasteiger partial charge on any atom is 0.0760 e. The zero-order chi connectivity index (χ0) is 33.9. The molecule has 0 aliphatic heterocycles. The zero-order valence-electron chi connectivity index (χ0n) is 28.3. The topological polar surface area (TPSA) is 24.1 Å². The fourth-order valence-electron chi connectivity index (χ4n) is 7.69. The molecule has 250 valence electrons. The third-order valence-electron chi connectivity index (χ3n) is 10.6. The second-order valence-electron chi connectivity index (χ2n) is 13.9. The van der Waals surface area contributed by atoms with Crippen molar-refractivity contribution in [2.24, 2.45) is 0 Å². The highest BCUT2D eigenvalue weighted by molar-refractivity contribution is 9.11. The van der Waals surface area contributed by atoms with Crippen LogP contribution >= 0.6 is 31.9 Å². The van der Waals surface area contributed by atoms with E-state index in [-0.39, 0.29) is 12.1 Å². The van der Waals surface area contributed by atoms with Gasteiger partial charge in [0, 0.05) is 20.3 Å². The Morgan fingerprint density at radius 3 is 1.06 bits per heavy atom. The number of para-hydroxylation sites is 2. The van der Waals surface area contributed by atoms with E-state index in [4.69, 9.17) is 0 Å². The Kier molecular flexibility index (Phi) is 9.92. The molecule has 2 N–H and O–H groups in total. The molecule has 4 heteroatoms. The van der Waals surface area contributed by atoms with E-state index in [0.29, 0.717) is 0 Å². The van der Waals surface area contributed by atoms with Gasteiger partial charge in [-0.1, -0.05) is 109 Å². The molecule has 8 aliphatic rings. The van der Waals surface area contributed by atoms with Gasteiger partial charge in [-0.25, -0.2) is 0 Å². The molecule has 6 aromatic carbocycles. The van der Waals surface area contributed by atoms with Gasteiger partial charge in [0.15, 0.2) is 0 Å². The first kappa shape index (κ1) is 33.0. The monoisotopic (exact) mass is 780 g/mol. The van der Waals surface area contributed by atoms with E-state index in [1.54, 1.807) is 0 Å². The van der Waals surface area contributed by atoms with E-state index in [2.05, 4.69) is 176 Å². The Morgan fingerprint density at radius 2 is 0.680 bits per heavy atom. The lowest BCUT2D eigenvalue weighted by Gasteiger charge is -2.35. The van der Waals surface area contributed by atoms with Gasteiger partial charge >= 0.3 is 0 Å². The van der Waals surface area contributed by atoms with Crippen molar-refractivity contribution in [3.63, 3.8) is 0 Å². The van der Waals surface area contributed by atoms with E-state index in [1.165, 1.54) is 55.6 Å². The molecule has 0 amide bonds. The Hall–Kier alpha value is -4.12. The van der Waals surface area contributed by atoms with Crippen molar-refractivity contribution >= 4 is 43.2 Å². The minimum Gasteiger partial charge on any atom is -0.375 e. The number of anilines is 2. The maximum absolute atomic E-state index is 4.14. The smallest absolute Gasteiger partial charge is 0.0760 e. The number of nitrogens with one attached hydrogen (secondary N) is 2. The molecule has 2 atom stereocenters. The Labute approximate surface area is 313 Å². The van der Waals surface area contributed by atoms with Crippen LogP contribution in [0.5, 0.6) is 0 Å². The van der Waals surface area contributed by atoms with Gasteiger partial charge in [0.25, 0.3) is 0 Å². The lowest BCUT2D eigenvalue weighted by molar-refractivity contribution is 0.632. The number of halogens is 2. The number of hydrogen-bond acceptors (Lipinski definition) is 2. The highest BCUT2D eigenvalue weighted by Gasteiger charge is 2.31. The minimum atomic E-state index is -0.0696. The van der Waals surface area contributed by atoms with Gasteiger partial charge < -0.3 is 10.6 Å². The summed E-state index contributed by atoms with van der Waals surface area (Å²) in [4.78, 5) is 0. The van der Waals surface area contributed by atoms with Crippen LogP contribution in [0.25, 0.3) is 0 Å². The number of hydrogen-bond donors (Lipinski definition) is 2. The molecule has 0 saturated heterocycles. The van der Waals surface area contributed by atoms with Crippen molar-refractivity contribution < 1.29 is 0 Å². The van der Waals surface area contributed by atoms with Crippen LogP contribution in [0, 0.1) is 0 Å². The van der Waals surface area contributed by atoms with Crippen molar-refractivity contribution in [1.29, 1.82) is 0 Å². The fraction of sp³-hybridized carbons (Fsp3) is 0.217. The highest BCUT2D eigenvalue weighted by Crippen LogP contribution is 2.42. The van der Waals surface area contributed by atoms with Gasteiger partial charge in [-0.2, -0.15) is 0 Å². The molecule has 8 aliphatic carbocycles. The van der Waals surface area contributed by atoms with E-state index >= 15 is 0 Å². The molecular weight excluding hydrogens is 740 g/mol. The predicted octanol–water partition coefficient (Wildman–Crippen LogP) is 12.0. The molecule has 14 rings (SSSR count). The van der Waals surface area contributed by atoms with Crippen molar-refractivity contribution in [1.82, 2.24) is 0 Å². The third-order valence-corrected chi connectivity index (χ3v) is 12.0. The van der Waals surface area contributed by atoms with Crippen LogP contribution in [0.3, 0.4) is 0 Å². The predicted molar refractivity (Wildman–Crippen MR) is 216 cm³/mol.